The summed E-state index contributed by atoms with van der Waals surface area (Å²) >= 11 is 1.77. The number of nitrogens with one attached hydrogen (secondary N) is 1. The van der Waals surface area contributed by atoms with Crippen LogP contribution in [0.2, 0.25) is 0 Å². The molecule has 0 bridgehead atoms. The molecular formula is C13H19N3S. The lowest BCUT2D eigenvalue weighted by atomic mass is 10.1. The van der Waals surface area contributed by atoms with E-state index in [9.17, 15) is 0 Å². The van der Waals surface area contributed by atoms with Crippen molar-refractivity contribution in [1.82, 2.24) is 15.1 Å². The molecule has 0 amide bonds. The lowest BCUT2D eigenvalue weighted by molar-refractivity contribution is 0.675. The lowest BCUT2D eigenvalue weighted by Gasteiger charge is -2.03. The van der Waals surface area contributed by atoms with Crippen molar-refractivity contribution < 1.29 is 0 Å². The molecule has 0 aliphatic rings. The molecule has 1 N–H and O–H groups in total. The average molecular weight is 249 g/mol. The molecule has 0 spiro atoms. The number of aromatic nitrogens is 2. The molecule has 2 aromatic rings. The van der Waals surface area contributed by atoms with Crippen molar-refractivity contribution >= 4 is 11.3 Å². The second-order valence-electron chi connectivity index (χ2n) is 4.29. The minimum absolute atomic E-state index is 0.897. The Labute approximate surface area is 106 Å². The van der Waals surface area contributed by atoms with Gasteiger partial charge in [-0.25, -0.2) is 0 Å². The van der Waals surface area contributed by atoms with Gasteiger partial charge in [-0.1, -0.05) is 6.92 Å². The molecule has 0 saturated heterocycles. The zero-order valence-electron chi connectivity index (χ0n) is 10.7. The minimum Gasteiger partial charge on any atom is -0.313 e. The highest BCUT2D eigenvalue weighted by Gasteiger charge is 2.12. The van der Waals surface area contributed by atoms with Crippen LogP contribution in [0.3, 0.4) is 0 Å². The summed E-state index contributed by atoms with van der Waals surface area (Å²) in [5.41, 5.74) is 3.72. The summed E-state index contributed by atoms with van der Waals surface area (Å²) in [4.78, 5) is 1.29. The summed E-state index contributed by atoms with van der Waals surface area (Å²) in [7, 11) is 1.98. The Kier molecular flexibility index (Phi) is 3.97. The van der Waals surface area contributed by atoms with Crippen LogP contribution in [-0.2, 0) is 13.6 Å². The predicted octanol–water partition coefficient (Wildman–Crippen LogP) is 2.96. The summed E-state index contributed by atoms with van der Waals surface area (Å²) in [6.07, 6.45) is 3.27. The first-order chi connectivity index (χ1) is 8.22. The van der Waals surface area contributed by atoms with E-state index in [2.05, 4.69) is 41.9 Å². The highest BCUT2D eigenvalue weighted by atomic mass is 32.1. The number of aryl methyl sites for hydroxylation is 2. The van der Waals surface area contributed by atoms with Crippen molar-refractivity contribution in [2.45, 2.75) is 26.8 Å². The van der Waals surface area contributed by atoms with Crippen LogP contribution in [0.25, 0.3) is 10.6 Å². The van der Waals surface area contributed by atoms with Gasteiger partial charge in [0.25, 0.3) is 0 Å². The van der Waals surface area contributed by atoms with Crippen LogP contribution in [0.1, 0.15) is 24.5 Å². The standard InChI is InChI=1S/C13H19N3S/c1-4-6-14-8-11-9-16(3)15-12(11)13-10(2)5-7-17-13/h5,7,9,14H,4,6,8H2,1-3H3. The Morgan fingerprint density at radius 1 is 1.47 bits per heavy atom. The maximum absolute atomic E-state index is 4.58. The van der Waals surface area contributed by atoms with Gasteiger partial charge in [-0.15, -0.1) is 11.3 Å². The quantitative estimate of drug-likeness (QED) is 0.826. The number of hydrogen-bond acceptors (Lipinski definition) is 3. The number of rotatable bonds is 5. The van der Waals surface area contributed by atoms with E-state index in [0.29, 0.717) is 0 Å². The van der Waals surface area contributed by atoms with Crippen LogP contribution in [-0.4, -0.2) is 16.3 Å². The van der Waals surface area contributed by atoms with E-state index in [-0.39, 0.29) is 0 Å². The van der Waals surface area contributed by atoms with Crippen LogP contribution in [0, 0.1) is 6.92 Å². The second kappa shape index (κ2) is 5.47. The van der Waals surface area contributed by atoms with Crippen LogP contribution in [0.5, 0.6) is 0 Å². The molecule has 2 heterocycles. The van der Waals surface area contributed by atoms with E-state index < -0.39 is 0 Å². The molecule has 0 aliphatic carbocycles. The lowest BCUT2D eigenvalue weighted by Crippen LogP contribution is -2.13. The van der Waals surface area contributed by atoms with Crippen LogP contribution < -0.4 is 5.32 Å². The Morgan fingerprint density at radius 3 is 2.94 bits per heavy atom. The van der Waals surface area contributed by atoms with Crippen molar-refractivity contribution in [2.24, 2.45) is 7.05 Å². The third-order valence-corrected chi connectivity index (χ3v) is 3.75. The van der Waals surface area contributed by atoms with Gasteiger partial charge in [0.15, 0.2) is 0 Å². The zero-order chi connectivity index (χ0) is 12.3. The first kappa shape index (κ1) is 12.3. The Balaban J connectivity index is 2.25. The molecule has 0 atom stereocenters. The van der Waals surface area contributed by atoms with Crippen LogP contribution >= 0.6 is 11.3 Å². The van der Waals surface area contributed by atoms with Crippen LogP contribution in [0.15, 0.2) is 17.6 Å². The molecular weight excluding hydrogens is 230 g/mol. The second-order valence-corrected chi connectivity index (χ2v) is 5.20. The third kappa shape index (κ3) is 2.76. The maximum atomic E-state index is 4.58. The maximum Gasteiger partial charge on any atom is 0.107 e. The van der Waals surface area contributed by atoms with Gasteiger partial charge in [0, 0.05) is 25.4 Å². The molecule has 3 nitrogen and oxygen atoms in total. The van der Waals surface area contributed by atoms with Crippen molar-refractivity contribution in [3.63, 3.8) is 0 Å². The molecule has 4 heteroatoms. The molecule has 0 aromatic carbocycles. The van der Waals surface area contributed by atoms with Gasteiger partial charge in [0.2, 0.25) is 0 Å². The van der Waals surface area contributed by atoms with Gasteiger partial charge >= 0.3 is 0 Å². The summed E-state index contributed by atoms with van der Waals surface area (Å²) in [5.74, 6) is 0. The van der Waals surface area contributed by atoms with E-state index in [0.717, 1.165) is 25.2 Å². The Hall–Kier alpha value is -1.13. The number of hydrogen-bond donors (Lipinski definition) is 1. The van der Waals surface area contributed by atoms with E-state index in [1.165, 1.54) is 16.0 Å². The molecule has 0 aliphatic heterocycles. The fraction of sp³-hybridized carbons (Fsp3) is 0.462. The number of nitrogens with zero attached hydrogens (tertiary/aromatic N) is 2. The fourth-order valence-electron chi connectivity index (χ4n) is 1.87. The largest absolute Gasteiger partial charge is 0.313 e. The molecule has 0 saturated carbocycles. The summed E-state index contributed by atoms with van der Waals surface area (Å²) in [6.45, 7) is 6.27. The van der Waals surface area contributed by atoms with Gasteiger partial charge in [-0.05, 0) is 36.9 Å². The van der Waals surface area contributed by atoms with E-state index >= 15 is 0 Å². The van der Waals surface area contributed by atoms with Crippen molar-refractivity contribution in [3.05, 3.63) is 28.8 Å². The fourth-order valence-corrected chi connectivity index (χ4v) is 2.82. The molecule has 17 heavy (non-hydrogen) atoms. The Morgan fingerprint density at radius 2 is 2.29 bits per heavy atom. The first-order valence-electron chi connectivity index (χ1n) is 6.00. The van der Waals surface area contributed by atoms with Gasteiger partial charge in [-0.3, -0.25) is 4.68 Å². The number of thiophene rings is 1. The summed E-state index contributed by atoms with van der Waals surface area (Å²) in [6, 6.07) is 2.15. The topological polar surface area (TPSA) is 29.9 Å². The van der Waals surface area contributed by atoms with Gasteiger partial charge in [0.1, 0.15) is 5.69 Å². The monoisotopic (exact) mass is 249 g/mol. The van der Waals surface area contributed by atoms with Crippen molar-refractivity contribution in [3.8, 4) is 10.6 Å². The highest BCUT2D eigenvalue weighted by Crippen LogP contribution is 2.30. The summed E-state index contributed by atoms with van der Waals surface area (Å²) < 4.78 is 1.90. The third-order valence-electron chi connectivity index (χ3n) is 2.72. The van der Waals surface area contributed by atoms with Gasteiger partial charge in [0.05, 0.1) is 4.88 Å². The molecule has 0 unspecified atom stereocenters. The minimum atomic E-state index is 0.897. The van der Waals surface area contributed by atoms with E-state index in [4.69, 9.17) is 0 Å². The normalized spacial score (nSPS) is 11.0. The smallest absolute Gasteiger partial charge is 0.107 e. The Bertz CT molecular complexity index is 485. The molecule has 92 valence electrons. The van der Waals surface area contributed by atoms with Crippen LogP contribution in [0.4, 0.5) is 0 Å². The predicted molar refractivity (Wildman–Crippen MR) is 73.3 cm³/mol. The molecule has 2 rings (SSSR count). The molecule has 2 aromatic heterocycles. The SMILES string of the molecule is CCCNCc1cn(C)nc1-c1sccc1C. The van der Waals surface area contributed by atoms with E-state index in [1.807, 2.05) is 11.7 Å². The van der Waals surface area contributed by atoms with Gasteiger partial charge in [-0.2, -0.15) is 5.10 Å². The van der Waals surface area contributed by atoms with E-state index in [1.54, 1.807) is 11.3 Å². The van der Waals surface area contributed by atoms with Gasteiger partial charge < -0.3 is 5.32 Å². The molecule has 0 radical (unpaired) electrons. The highest BCUT2D eigenvalue weighted by molar-refractivity contribution is 7.13. The van der Waals surface area contributed by atoms with Crippen molar-refractivity contribution in [2.75, 3.05) is 6.54 Å². The first-order valence-corrected chi connectivity index (χ1v) is 6.88. The molecule has 0 fully saturated rings. The zero-order valence-corrected chi connectivity index (χ0v) is 11.5. The average Bonchev–Trinajstić information content (AvgIpc) is 2.85. The van der Waals surface area contributed by atoms with Crippen molar-refractivity contribution in [1.29, 1.82) is 0 Å². The summed E-state index contributed by atoms with van der Waals surface area (Å²) in [5, 5.41) is 10.1.